The lowest BCUT2D eigenvalue weighted by atomic mass is 10.1. The largest absolute Gasteiger partial charge is 0.382 e. The number of hydrogen-bond donors (Lipinski definition) is 0. The summed E-state index contributed by atoms with van der Waals surface area (Å²) in [7, 11) is 1.78. The van der Waals surface area contributed by atoms with Crippen molar-refractivity contribution in [3.05, 3.63) is 41.5 Å². The molecule has 0 N–H and O–H groups in total. The van der Waals surface area contributed by atoms with Crippen LogP contribution < -0.4 is 0 Å². The van der Waals surface area contributed by atoms with Crippen LogP contribution in [-0.2, 0) is 4.74 Å². The fraction of sp³-hybridized carbons (Fsp3) is 0.500. The SMILES string of the molecule is CO[C@@H](C)CCCC/C=C/c1cccc(C)c1. The number of unbranched alkanes of at least 4 members (excludes halogenated alkanes) is 2. The number of allylic oxidation sites excluding steroid dienone is 1. The summed E-state index contributed by atoms with van der Waals surface area (Å²) < 4.78 is 5.22. The van der Waals surface area contributed by atoms with Gasteiger partial charge in [-0.2, -0.15) is 0 Å². The highest BCUT2D eigenvalue weighted by Gasteiger charge is 1.97. The predicted molar refractivity (Wildman–Crippen MR) is 75.2 cm³/mol. The smallest absolute Gasteiger partial charge is 0.0543 e. The van der Waals surface area contributed by atoms with Crippen LogP contribution in [0.4, 0.5) is 0 Å². The second-order valence-corrected chi connectivity index (χ2v) is 4.65. The average molecular weight is 232 g/mol. The number of aryl methyl sites for hydroxylation is 1. The van der Waals surface area contributed by atoms with Crippen LogP contribution in [0.5, 0.6) is 0 Å². The lowest BCUT2D eigenvalue weighted by Gasteiger charge is -2.07. The maximum atomic E-state index is 5.22. The normalized spacial score (nSPS) is 13.1. The molecule has 0 heterocycles. The molecule has 1 rings (SSSR count). The third-order valence-corrected chi connectivity index (χ3v) is 2.99. The van der Waals surface area contributed by atoms with E-state index in [0.29, 0.717) is 6.10 Å². The molecule has 0 fully saturated rings. The van der Waals surface area contributed by atoms with E-state index in [1.54, 1.807) is 7.11 Å². The van der Waals surface area contributed by atoms with Gasteiger partial charge < -0.3 is 4.74 Å². The Bertz CT molecular complexity index is 341. The summed E-state index contributed by atoms with van der Waals surface area (Å²) >= 11 is 0. The molecule has 0 unspecified atom stereocenters. The maximum Gasteiger partial charge on any atom is 0.0543 e. The number of hydrogen-bond acceptors (Lipinski definition) is 1. The number of benzene rings is 1. The number of rotatable bonds is 7. The highest BCUT2D eigenvalue weighted by Crippen LogP contribution is 2.09. The maximum absolute atomic E-state index is 5.22. The first-order chi connectivity index (χ1) is 8.22. The Balaban J connectivity index is 2.18. The Morgan fingerprint density at radius 2 is 2.12 bits per heavy atom. The van der Waals surface area contributed by atoms with E-state index in [2.05, 4.69) is 50.3 Å². The second kappa shape index (κ2) is 8.08. The van der Waals surface area contributed by atoms with Crippen LogP contribution in [0.2, 0.25) is 0 Å². The third-order valence-electron chi connectivity index (χ3n) is 2.99. The van der Waals surface area contributed by atoms with Crippen LogP contribution in [-0.4, -0.2) is 13.2 Å². The first-order valence-corrected chi connectivity index (χ1v) is 6.48. The Morgan fingerprint density at radius 3 is 2.82 bits per heavy atom. The first kappa shape index (κ1) is 14.0. The highest BCUT2D eigenvalue weighted by atomic mass is 16.5. The molecule has 0 amide bonds. The summed E-state index contributed by atoms with van der Waals surface area (Å²) in [5.41, 5.74) is 2.62. The van der Waals surface area contributed by atoms with Crippen molar-refractivity contribution in [1.29, 1.82) is 0 Å². The van der Waals surface area contributed by atoms with E-state index < -0.39 is 0 Å². The molecule has 0 saturated heterocycles. The van der Waals surface area contributed by atoms with Crippen LogP contribution in [0.3, 0.4) is 0 Å². The van der Waals surface area contributed by atoms with Gasteiger partial charge in [0.25, 0.3) is 0 Å². The molecular weight excluding hydrogens is 208 g/mol. The van der Waals surface area contributed by atoms with Gasteiger partial charge in [-0.15, -0.1) is 0 Å². The minimum atomic E-state index is 0.399. The lowest BCUT2D eigenvalue weighted by molar-refractivity contribution is 0.108. The van der Waals surface area contributed by atoms with E-state index in [1.165, 1.54) is 24.0 Å². The molecule has 17 heavy (non-hydrogen) atoms. The van der Waals surface area contributed by atoms with Crippen molar-refractivity contribution in [2.24, 2.45) is 0 Å². The molecule has 0 aromatic heterocycles. The molecule has 0 saturated carbocycles. The molecule has 0 bridgehead atoms. The second-order valence-electron chi connectivity index (χ2n) is 4.65. The van der Waals surface area contributed by atoms with E-state index in [0.717, 1.165) is 12.8 Å². The molecule has 1 aromatic rings. The van der Waals surface area contributed by atoms with Gasteiger partial charge in [0.1, 0.15) is 0 Å². The molecule has 94 valence electrons. The van der Waals surface area contributed by atoms with E-state index >= 15 is 0 Å². The van der Waals surface area contributed by atoms with E-state index in [1.807, 2.05) is 0 Å². The van der Waals surface area contributed by atoms with Crippen LogP contribution in [0.15, 0.2) is 30.3 Å². The summed E-state index contributed by atoms with van der Waals surface area (Å²) in [6.07, 6.45) is 9.69. The summed E-state index contributed by atoms with van der Waals surface area (Å²) in [4.78, 5) is 0. The van der Waals surface area contributed by atoms with Gasteiger partial charge in [-0.3, -0.25) is 0 Å². The van der Waals surface area contributed by atoms with Gasteiger partial charge in [-0.1, -0.05) is 48.4 Å². The molecule has 0 aliphatic rings. The van der Waals surface area contributed by atoms with Gasteiger partial charge in [-0.05, 0) is 38.7 Å². The van der Waals surface area contributed by atoms with E-state index in [9.17, 15) is 0 Å². The van der Waals surface area contributed by atoms with Gasteiger partial charge in [-0.25, -0.2) is 0 Å². The summed E-state index contributed by atoms with van der Waals surface area (Å²) in [6.45, 7) is 4.26. The highest BCUT2D eigenvalue weighted by molar-refractivity contribution is 5.49. The van der Waals surface area contributed by atoms with Crippen molar-refractivity contribution in [2.45, 2.75) is 45.6 Å². The molecule has 0 spiro atoms. The van der Waals surface area contributed by atoms with Crippen LogP contribution in [0.1, 0.15) is 43.7 Å². The molecule has 0 aliphatic heterocycles. The number of methoxy groups -OCH3 is 1. The Labute approximate surface area is 106 Å². The Morgan fingerprint density at radius 1 is 1.29 bits per heavy atom. The zero-order valence-corrected chi connectivity index (χ0v) is 11.3. The van der Waals surface area contributed by atoms with Gasteiger partial charge in [0.2, 0.25) is 0 Å². The molecule has 1 aromatic carbocycles. The standard InChI is InChI=1S/C16H24O/c1-14-9-8-12-16(13-14)11-7-5-4-6-10-15(2)17-3/h7-9,11-13,15H,4-6,10H2,1-3H3/b11-7+/t15-/m0/s1. The van der Waals surface area contributed by atoms with Gasteiger partial charge in [0.15, 0.2) is 0 Å². The van der Waals surface area contributed by atoms with Crippen molar-refractivity contribution >= 4 is 6.08 Å². The van der Waals surface area contributed by atoms with Crippen molar-refractivity contribution in [1.82, 2.24) is 0 Å². The quantitative estimate of drug-likeness (QED) is 0.624. The minimum Gasteiger partial charge on any atom is -0.382 e. The predicted octanol–water partition coefficient (Wildman–Crippen LogP) is 4.60. The van der Waals surface area contributed by atoms with E-state index in [4.69, 9.17) is 4.74 Å². The van der Waals surface area contributed by atoms with Crippen molar-refractivity contribution < 1.29 is 4.74 Å². The minimum absolute atomic E-state index is 0.399. The topological polar surface area (TPSA) is 9.23 Å². The van der Waals surface area contributed by atoms with Gasteiger partial charge in [0.05, 0.1) is 6.10 Å². The van der Waals surface area contributed by atoms with E-state index in [-0.39, 0.29) is 0 Å². The summed E-state index contributed by atoms with van der Waals surface area (Å²) in [5.74, 6) is 0. The summed E-state index contributed by atoms with van der Waals surface area (Å²) in [6, 6.07) is 8.60. The molecule has 0 radical (unpaired) electrons. The molecule has 1 heteroatoms. The third kappa shape index (κ3) is 6.28. The van der Waals surface area contributed by atoms with Gasteiger partial charge in [0, 0.05) is 7.11 Å². The van der Waals surface area contributed by atoms with Gasteiger partial charge >= 0.3 is 0 Å². The monoisotopic (exact) mass is 232 g/mol. The first-order valence-electron chi connectivity index (χ1n) is 6.48. The molecule has 1 atom stereocenters. The number of ether oxygens (including phenoxy) is 1. The van der Waals surface area contributed by atoms with Crippen LogP contribution in [0.25, 0.3) is 6.08 Å². The molecule has 1 nitrogen and oxygen atoms in total. The zero-order valence-electron chi connectivity index (χ0n) is 11.3. The fourth-order valence-corrected chi connectivity index (χ4v) is 1.81. The molecule has 0 aliphatic carbocycles. The average Bonchev–Trinajstić information content (AvgIpc) is 2.33. The Hall–Kier alpha value is -1.08. The van der Waals surface area contributed by atoms with Crippen molar-refractivity contribution in [2.75, 3.05) is 7.11 Å². The van der Waals surface area contributed by atoms with Crippen molar-refractivity contribution in [3.63, 3.8) is 0 Å². The Kier molecular flexibility index (Phi) is 6.64. The van der Waals surface area contributed by atoms with Crippen LogP contribution >= 0.6 is 0 Å². The summed E-state index contributed by atoms with van der Waals surface area (Å²) in [5, 5.41) is 0. The van der Waals surface area contributed by atoms with Crippen molar-refractivity contribution in [3.8, 4) is 0 Å². The fourth-order valence-electron chi connectivity index (χ4n) is 1.81. The zero-order chi connectivity index (χ0) is 12.5. The van der Waals surface area contributed by atoms with Crippen LogP contribution in [0, 0.1) is 6.92 Å². The molecular formula is C16H24O. The lowest BCUT2D eigenvalue weighted by Crippen LogP contribution is -2.03.